The highest BCUT2D eigenvalue weighted by molar-refractivity contribution is 7.78. The van der Waals surface area contributed by atoms with E-state index in [0.717, 1.165) is 11.1 Å². The summed E-state index contributed by atoms with van der Waals surface area (Å²) in [5.41, 5.74) is 3.40. The summed E-state index contributed by atoms with van der Waals surface area (Å²) in [4.78, 5) is 25.2. The van der Waals surface area contributed by atoms with Crippen molar-refractivity contribution in [2.24, 2.45) is 0 Å². The summed E-state index contributed by atoms with van der Waals surface area (Å²) in [5.74, 6) is 0.836. The summed E-state index contributed by atoms with van der Waals surface area (Å²) in [5, 5.41) is 16.0. The van der Waals surface area contributed by atoms with Crippen molar-refractivity contribution in [1.29, 1.82) is 0 Å². The monoisotopic (exact) mass is 432 g/mol. The van der Waals surface area contributed by atoms with E-state index in [9.17, 15) is 9.90 Å². The second-order valence-corrected chi connectivity index (χ2v) is 7.15. The summed E-state index contributed by atoms with van der Waals surface area (Å²) >= 11 is 4.08. The first-order valence-electron chi connectivity index (χ1n) is 9.60. The van der Waals surface area contributed by atoms with E-state index in [4.69, 9.17) is 0 Å². The number of carbonyl (C=O) groups excluding carboxylic acids is 1. The van der Waals surface area contributed by atoms with Crippen LogP contribution in [-0.4, -0.2) is 36.9 Å². The summed E-state index contributed by atoms with van der Waals surface area (Å²) in [6.45, 7) is 2.26. The minimum Gasteiger partial charge on any atom is -0.506 e. The number of amides is 2. The van der Waals surface area contributed by atoms with Crippen LogP contribution in [0.15, 0.2) is 66.9 Å². The fourth-order valence-electron chi connectivity index (χ4n) is 2.93. The maximum absolute atomic E-state index is 12.0. The van der Waals surface area contributed by atoms with Crippen molar-refractivity contribution in [1.82, 2.24) is 19.3 Å². The number of phenols is 1. The topological polar surface area (TPSA) is 103 Å². The van der Waals surface area contributed by atoms with E-state index in [1.54, 1.807) is 24.4 Å². The van der Waals surface area contributed by atoms with E-state index in [1.807, 2.05) is 49.4 Å². The highest BCUT2D eigenvalue weighted by atomic mass is 32.1. The van der Waals surface area contributed by atoms with E-state index >= 15 is 0 Å². The number of nitrogens with zero attached hydrogens (tertiary/aromatic N) is 4. The molecule has 0 atom stereocenters. The highest BCUT2D eigenvalue weighted by Gasteiger charge is 2.11. The lowest BCUT2D eigenvalue weighted by Crippen LogP contribution is -2.27. The Kier molecular flexibility index (Phi) is 5.85. The minimum absolute atomic E-state index is 0.0870. The van der Waals surface area contributed by atoms with Gasteiger partial charge in [0.25, 0.3) is 0 Å². The Hall–Kier alpha value is -3.85. The number of thiol groups is 1. The summed E-state index contributed by atoms with van der Waals surface area (Å²) < 4.78 is 1.23. The molecule has 0 aliphatic rings. The molecule has 156 valence electrons. The molecule has 8 nitrogen and oxygen atoms in total. The number of phenolic OH excluding ortho intramolecular Hbond substituents is 1. The molecular weight excluding hydrogens is 412 g/mol. The summed E-state index contributed by atoms with van der Waals surface area (Å²) in [6.07, 6.45) is 1.56. The van der Waals surface area contributed by atoms with Gasteiger partial charge in [-0.2, -0.15) is 0 Å². The number of hydrogen-bond donors (Lipinski definition) is 4. The third-order valence-corrected chi connectivity index (χ3v) is 5.01. The van der Waals surface area contributed by atoms with Gasteiger partial charge in [0.1, 0.15) is 17.1 Å². The molecule has 0 saturated carbocycles. The Labute approximate surface area is 184 Å². The Morgan fingerprint density at radius 2 is 1.81 bits per heavy atom. The van der Waals surface area contributed by atoms with Crippen LogP contribution in [0.3, 0.4) is 0 Å². The molecule has 9 heteroatoms. The molecule has 4 aromatic rings. The zero-order valence-electron chi connectivity index (χ0n) is 16.6. The van der Waals surface area contributed by atoms with E-state index in [2.05, 4.69) is 38.4 Å². The Balaban J connectivity index is 1.61. The molecule has 0 fully saturated rings. The number of urea groups is 1. The number of aromatic nitrogens is 3. The SMILES string of the molecule is CCN(S)C(=O)Nc1ccc2ncc(Nc3cc(-c4ccccc4)ccc3O)nc2n1. The molecule has 0 radical (unpaired) electrons. The zero-order chi connectivity index (χ0) is 21.8. The third kappa shape index (κ3) is 4.67. The van der Waals surface area contributed by atoms with E-state index < -0.39 is 0 Å². The smallest absolute Gasteiger partial charge is 0.332 e. The normalized spacial score (nSPS) is 10.6. The number of benzene rings is 2. The van der Waals surface area contributed by atoms with Crippen molar-refractivity contribution in [3.63, 3.8) is 0 Å². The average molecular weight is 433 g/mol. The highest BCUT2D eigenvalue weighted by Crippen LogP contribution is 2.31. The van der Waals surface area contributed by atoms with Crippen LogP contribution >= 0.6 is 12.8 Å². The lowest BCUT2D eigenvalue weighted by Gasteiger charge is -2.13. The van der Waals surface area contributed by atoms with Crippen LogP contribution in [0.5, 0.6) is 5.75 Å². The number of anilines is 3. The number of carbonyl (C=O) groups is 1. The largest absolute Gasteiger partial charge is 0.506 e. The van der Waals surface area contributed by atoms with Gasteiger partial charge in [0.05, 0.1) is 11.9 Å². The molecule has 3 N–H and O–H groups in total. The molecule has 0 spiro atoms. The molecule has 4 rings (SSSR count). The van der Waals surface area contributed by atoms with Gasteiger partial charge < -0.3 is 10.4 Å². The molecule has 0 aliphatic heterocycles. The number of nitrogens with one attached hydrogen (secondary N) is 2. The van der Waals surface area contributed by atoms with E-state index in [-0.39, 0.29) is 11.8 Å². The van der Waals surface area contributed by atoms with Gasteiger partial charge in [-0.25, -0.2) is 19.7 Å². The standard InChI is InChI=1S/C22H20N6O2S/c1-2-28(31)22(30)27-19-11-9-16-21(25-19)26-20(13-23-16)24-17-12-15(8-10-18(17)29)14-6-4-3-5-7-14/h3-13,29,31H,2H2,1H3,(H2,24,25,26,27,30). The van der Waals surface area contributed by atoms with E-state index in [0.29, 0.717) is 35.0 Å². The van der Waals surface area contributed by atoms with E-state index in [1.165, 1.54) is 4.31 Å². The Bertz CT molecular complexity index is 1240. The van der Waals surface area contributed by atoms with Crippen molar-refractivity contribution in [3.05, 3.63) is 66.9 Å². The number of aromatic hydroxyl groups is 1. The molecule has 0 aliphatic carbocycles. The molecule has 31 heavy (non-hydrogen) atoms. The summed E-state index contributed by atoms with van der Waals surface area (Å²) in [7, 11) is 0. The van der Waals surface area contributed by atoms with Crippen LogP contribution < -0.4 is 10.6 Å². The first-order chi connectivity index (χ1) is 15.0. The molecule has 0 saturated heterocycles. The van der Waals surface area contributed by atoms with Gasteiger partial charge >= 0.3 is 6.03 Å². The Morgan fingerprint density at radius 1 is 1.03 bits per heavy atom. The van der Waals surface area contributed by atoms with Crippen LogP contribution in [0.4, 0.5) is 22.1 Å². The van der Waals surface area contributed by atoms with Crippen LogP contribution in [0, 0.1) is 0 Å². The van der Waals surface area contributed by atoms with Gasteiger partial charge in [0, 0.05) is 6.54 Å². The maximum atomic E-state index is 12.0. The lowest BCUT2D eigenvalue weighted by molar-refractivity contribution is 0.240. The molecule has 0 unspecified atom stereocenters. The number of fused-ring (bicyclic) bond motifs is 1. The average Bonchev–Trinajstić information content (AvgIpc) is 2.80. The zero-order valence-corrected chi connectivity index (χ0v) is 17.5. The van der Waals surface area contributed by atoms with Crippen molar-refractivity contribution < 1.29 is 9.90 Å². The summed E-state index contributed by atoms with van der Waals surface area (Å²) in [6, 6.07) is 18.2. The van der Waals surface area contributed by atoms with Gasteiger partial charge in [0.2, 0.25) is 0 Å². The maximum Gasteiger partial charge on any atom is 0.332 e. The fourth-order valence-corrected chi connectivity index (χ4v) is 2.98. The first-order valence-corrected chi connectivity index (χ1v) is 10.00. The van der Waals surface area contributed by atoms with Crippen molar-refractivity contribution in [3.8, 4) is 16.9 Å². The first kappa shape index (κ1) is 20.4. The molecular formula is C22H20N6O2S. The lowest BCUT2D eigenvalue weighted by atomic mass is 10.0. The number of pyridine rings is 1. The third-order valence-electron chi connectivity index (χ3n) is 4.54. The van der Waals surface area contributed by atoms with Crippen LogP contribution in [0.25, 0.3) is 22.3 Å². The quantitative estimate of drug-likeness (QED) is 0.266. The predicted molar refractivity (Wildman–Crippen MR) is 125 cm³/mol. The molecule has 2 aromatic heterocycles. The van der Waals surface area contributed by atoms with Gasteiger partial charge in [-0.05, 0) is 42.3 Å². The molecule has 2 amide bonds. The van der Waals surface area contributed by atoms with Gasteiger partial charge in [0.15, 0.2) is 11.5 Å². The fraction of sp³-hybridized carbons (Fsp3) is 0.0909. The molecule has 0 bridgehead atoms. The van der Waals surface area contributed by atoms with Crippen molar-refractivity contribution in [2.45, 2.75) is 6.92 Å². The second kappa shape index (κ2) is 8.88. The Morgan fingerprint density at radius 3 is 2.58 bits per heavy atom. The molecule has 2 aromatic carbocycles. The number of rotatable bonds is 5. The van der Waals surface area contributed by atoms with Gasteiger partial charge in [-0.3, -0.25) is 9.62 Å². The van der Waals surface area contributed by atoms with Crippen molar-refractivity contribution in [2.75, 3.05) is 17.2 Å². The second-order valence-electron chi connectivity index (χ2n) is 6.66. The van der Waals surface area contributed by atoms with Gasteiger partial charge in [-0.15, -0.1) is 0 Å². The molecule has 2 heterocycles. The van der Waals surface area contributed by atoms with Crippen molar-refractivity contribution >= 4 is 47.3 Å². The van der Waals surface area contributed by atoms with Crippen LogP contribution in [0.1, 0.15) is 6.92 Å². The van der Waals surface area contributed by atoms with Crippen LogP contribution in [-0.2, 0) is 0 Å². The minimum atomic E-state index is -0.387. The predicted octanol–water partition coefficient (Wildman–Crippen LogP) is 4.84. The van der Waals surface area contributed by atoms with Crippen LogP contribution in [0.2, 0.25) is 0 Å². The number of hydrogen-bond acceptors (Lipinski definition) is 7. The van der Waals surface area contributed by atoms with Gasteiger partial charge in [-0.1, -0.05) is 49.2 Å².